The number of ether oxygens (including phenoxy) is 1. The Morgan fingerprint density at radius 1 is 1.29 bits per heavy atom. The zero-order chi connectivity index (χ0) is 12.1. The summed E-state index contributed by atoms with van der Waals surface area (Å²) in [7, 11) is 0. The highest BCUT2D eigenvalue weighted by Gasteiger charge is 2.11. The van der Waals surface area contributed by atoms with Gasteiger partial charge in [-0.15, -0.1) is 0 Å². The average Bonchev–Trinajstić information content (AvgIpc) is 2.40. The molecule has 4 nitrogen and oxygen atoms in total. The smallest absolute Gasteiger partial charge is 0.235 e. The van der Waals surface area contributed by atoms with Crippen LogP contribution in [0.3, 0.4) is 0 Å². The van der Waals surface area contributed by atoms with E-state index in [2.05, 4.69) is 9.97 Å². The molecule has 0 saturated heterocycles. The summed E-state index contributed by atoms with van der Waals surface area (Å²) >= 11 is 0. The Morgan fingerprint density at radius 3 is 2.76 bits per heavy atom. The lowest BCUT2D eigenvalue weighted by Crippen LogP contribution is -2.05. The summed E-state index contributed by atoms with van der Waals surface area (Å²) in [5.41, 5.74) is 1.38. The van der Waals surface area contributed by atoms with Gasteiger partial charge in [0.1, 0.15) is 24.1 Å². The minimum absolute atomic E-state index is 0.154. The second-order valence-electron chi connectivity index (χ2n) is 3.52. The van der Waals surface area contributed by atoms with Crippen LogP contribution in [-0.2, 0) is 0 Å². The van der Waals surface area contributed by atoms with Gasteiger partial charge in [-0.1, -0.05) is 30.3 Å². The van der Waals surface area contributed by atoms with Crippen molar-refractivity contribution in [3.05, 3.63) is 54.0 Å². The van der Waals surface area contributed by atoms with Gasteiger partial charge >= 0.3 is 0 Å². The molecule has 1 unspecified atom stereocenters. The highest BCUT2D eigenvalue weighted by Crippen LogP contribution is 2.21. The van der Waals surface area contributed by atoms with Crippen molar-refractivity contribution in [1.29, 1.82) is 5.26 Å². The van der Waals surface area contributed by atoms with Gasteiger partial charge in [-0.2, -0.15) is 5.26 Å². The van der Waals surface area contributed by atoms with Gasteiger partial charge in [-0.25, -0.2) is 9.97 Å². The van der Waals surface area contributed by atoms with E-state index in [0.717, 1.165) is 5.56 Å². The van der Waals surface area contributed by atoms with Gasteiger partial charge in [0.05, 0.1) is 6.20 Å². The van der Waals surface area contributed by atoms with Gasteiger partial charge in [0.15, 0.2) is 0 Å². The Balaban J connectivity index is 2.19. The topological polar surface area (TPSA) is 58.8 Å². The molecule has 1 aromatic carbocycles. The molecule has 1 heterocycles. The fourth-order valence-electron chi connectivity index (χ4n) is 1.45. The second kappa shape index (κ2) is 5.08. The number of rotatable bonds is 3. The van der Waals surface area contributed by atoms with Gasteiger partial charge in [0, 0.05) is 0 Å². The van der Waals surface area contributed by atoms with Crippen LogP contribution in [0.15, 0.2) is 42.9 Å². The number of nitriles is 1. The minimum Gasteiger partial charge on any atom is -0.469 e. The highest BCUT2D eigenvalue weighted by molar-refractivity contribution is 5.35. The lowest BCUT2D eigenvalue weighted by Gasteiger charge is -2.14. The van der Waals surface area contributed by atoms with Crippen LogP contribution in [0.1, 0.15) is 24.2 Å². The molecule has 17 heavy (non-hydrogen) atoms. The molecule has 0 aliphatic heterocycles. The molecule has 1 atom stereocenters. The molecule has 0 amide bonds. The maximum atomic E-state index is 8.89. The van der Waals surface area contributed by atoms with Crippen LogP contribution in [0, 0.1) is 11.3 Å². The molecule has 2 aromatic rings. The first-order valence-corrected chi connectivity index (χ1v) is 5.23. The molecule has 4 heteroatoms. The van der Waals surface area contributed by atoms with Crippen LogP contribution >= 0.6 is 0 Å². The summed E-state index contributed by atoms with van der Waals surface area (Å²) in [5, 5.41) is 8.89. The SMILES string of the molecule is CC(Oc1ncncc1C#N)c1ccccc1. The van der Waals surface area contributed by atoms with E-state index in [1.807, 2.05) is 43.3 Å². The molecular weight excluding hydrogens is 214 g/mol. The third-order valence-electron chi connectivity index (χ3n) is 2.35. The van der Waals surface area contributed by atoms with E-state index in [-0.39, 0.29) is 6.10 Å². The van der Waals surface area contributed by atoms with Crippen LogP contribution in [-0.4, -0.2) is 9.97 Å². The quantitative estimate of drug-likeness (QED) is 0.805. The molecule has 0 radical (unpaired) electrons. The molecule has 0 spiro atoms. The summed E-state index contributed by atoms with van der Waals surface area (Å²) in [4.78, 5) is 7.74. The minimum atomic E-state index is -0.154. The van der Waals surface area contributed by atoms with Gasteiger partial charge in [0.25, 0.3) is 0 Å². The van der Waals surface area contributed by atoms with E-state index in [9.17, 15) is 0 Å². The standard InChI is InChI=1S/C13H11N3O/c1-10(11-5-3-2-4-6-11)17-13-12(7-14)8-15-9-16-13/h2-6,8-10H,1H3. The van der Waals surface area contributed by atoms with Crippen molar-refractivity contribution in [3.63, 3.8) is 0 Å². The second-order valence-corrected chi connectivity index (χ2v) is 3.52. The van der Waals surface area contributed by atoms with Crippen LogP contribution in [0.4, 0.5) is 0 Å². The van der Waals surface area contributed by atoms with Crippen molar-refractivity contribution < 1.29 is 4.74 Å². The van der Waals surface area contributed by atoms with Crippen molar-refractivity contribution in [2.45, 2.75) is 13.0 Å². The zero-order valence-electron chi connectivity index (χ0n) is 9.37. The number of aromatic nitrogens is 2. The fourth-order valence-corrected chi connectivity index (χ4v) is 1.45. The van der Waals surface area contributed by atoms with Crippen molar-refractivity contribution in [3.8, 4) is 11.9 Å². The first-order valence-electron chi connectivity index (χ1n) is 5.23. The maximum Gasteiger partial charge on any atom is 0.235 e. The Bertz CT molecular complexity index is 534. The van der Waals surface area contributed by atoms with Gasteiger partial charge in [-0.05, 0) is 12.5 Å². The lowest BCUT2D eigenvalue weighted by molar-refractivity contribution is 0.216. The molecule has 0 bridgehead atoms. The first-order chi connectivity index (χ1) is 8.31. The largest absolute Gasteiger partial charge is 0.469 e. The van der Waals surface area contributed by atoms with E-state index >= 15 is 0 Å². The highest BCUT2D eigenvalue weighted by atomic mass is 16.5. The van der Waals surface area contributed by atoms with Crippen LogP contribution < -0.4 is 4.74 Å². The predicted molar refractivity (Wildman–Crippen MR) is 62.2 cm³/mol. The summed E-state index contributed by atoms with van der Waals surface area (Å²) < 4.78 is 5.65. The van der Waals surface area contributed by atoms with Gasteiger partial charge in [-0.3, -0.25) is 0 Å². The summed E-state index contributed by atoms with van der Waals surface area (Å²) in [6, 6.07) is 11.8. The average molecular weight is 225 g/mol. The van der Waals surface area contributed by atoms with Crippen LogP contribution in [0.2, 0.25) is 0 Å². The van der Waals surface area contributed by atoms with E-state index in [1.165, 1.54) is 12.5 Å². The van der Waals surface area contributed by atoms with E-state index < -0.39 is 0 Å². The third-order valence-corrected chi connectivity index (χ3v) is 2.35. The monoisotopic (exact) mass is 225 g/mol. The van der Waals surface area contributed by atoms with Gasteiger partial charge in [0.2, 0.25) is 5.88 Å². The van der Waals surface area contributed by atoms with Crippen molar-refractivity contribution in [1.82, 2.24) is 9.97 Å². The third kappa shape index (κ3) is 2.58. The zero-order valence-corrected chi connectivity index (χ0v) is 9.37. The maximum absolute atomic E-state index is 8.89. The van der Waals surface area contributed by atoms with Crippen molar-refractivity contribution >= 4 is 0 Å². The molecule has 0 aliphatic rings. The van der Waals surface area contributed by atoms with Crippen molar-refractivity contribution in [2.75, 3.05) is 0 Å². The Labute approximate surface area is 99.5 Å². The van der Waals surface area contributed by atoms with Crippen molar-refractivity contribution in [2.24, 2.45) is 0 Å². The fraction of sp³-hybridized carbons (Fsp3) is 0.154. The molecule has 2 rings (SSSR count). The Hall–Kier alpha value is -2.41. The van der Waals surface area contributed by atoms with Crippen LogP contribution in [0.5, 0.6) is 5.88 Å². The number of nitrogens with zero attached hydrogens (tertiary/aromatic N) is 3. The molecule has 0 saturated carbocycles. The molecule has 0 N–H and O–H groups in total. The summed E-state index contributed by atoms with van der Waals surface area (Å²) in [5.74, 6) is 0.318. The lowest BCUT2D eigenvalue weighted by atomic mass is 10.1. The number of hydrogen-bond donors (Lipinski definition) is 0. The van der Waals surface area contributed by atoms with E-state index in [1.54, 1.807) is 0 Å². The molecule has 84 valence electrons. The Kier molecular flexibility index (Phi) is 3.31. The summed E-state index contributed by atoms with van der Waals surface area (Å²) in [6.07, 6.45) is 2.66. The van der Waals surface area contributed by atoms with Gasteiger partial charge < -0.3 is 4.74 Å². The number of hydrogen-bond acceptors (Lipinski definition) is 4. The molecular formula is C13H11N3O. The molecule has 0 fully saturated rings. The number of benzene rings is 1. The van der Waals surface area contributed by atoms with E-state index in [0.29, 0.717) is 11.4 Å². The molecule has 0 aliphatic carbocycles. The normalized spacial score (nSPS) is 11.5. The molecule has 1 aromatic heterocycles. The summed E-state index contributed by atoms with van der Waals surface area (Å²) in [6.45, 7) is 1.92. The predicted octanol–water partition coefficient (Wildman–Crippen LogP) is 2.49. The van der Waals surface area contributed by atoms with Crippen LogP contribution in [0.25, 0.3) is 0 Å². The van der Waals surface area contributed by atoms with E-state index in [4.69, 9.17) is 10.00 Å². The first kappa shape index (κ1) is 11.1. The Morgan fingerprint density at radius 2 is 2.06 bits per heavy atom.